The molecule has 1 aliphatic rings. The van der Waals surface area contributed by atoms with Gasteiger partial charge in [-0.1, -0.05) is 12.1 Å². The van der Waals surface area contributed by atoms with Crippen molar-refractivity contribution in [3.63, 3.8) is 0 Å². The van der Waals surface area contributed by atoms with Crippen LogP contribution in [0.1, 0.15) is 0 Å². The van der Waals surface area contributed by atoms with Crippen molar-refractivity contribution in [2.75, 3.05) is 25.0 Å². The number of nitrogens with one attached hydrogen (secondary N) is 3. The number of amidine groups is 1. The first-order chi connectivity index (χ1) is 8.93. The first-order valence-electron chi connectivity index (χ1n) is 5.89. The lowest BCUT2D eigenvalue weighted by Gasteiger charge is -2.10. The Hall–Kier alpha value is -2.37. The van der Waals surface area contributed by atoms with E-state index >= 15 is 0 Å². The van der Waals surface area contributed by atoms with Crippen LogP contribution in [0.5, 0.6) is 0 Å². The van der Waals surface area contributed by atoms with Crippen LogP contribution in [0.3, 0.4) is 0 Å². The van der Waals surface area contributed by atoms with Crippen molar-refractivity contribution in [3.8, 4) is 11.4 Å². The quantitative estimate of drug-likeness (QED) is 0.744. The average molecular weight is 242 g/mol. The molecular formula is C12H14N6. The average Bonchev–Trinajstić information content (AvgIpc) is 3.10. The number of rotatable bonds is 4. The topological polar surface area (TPSA) is 78.0 Å². The maximum Gasteiger partial charge on any atom is 0.157 e. The fourth-order valence-electron chi connectivity index (χ4n) is 1.92. The maximum absolute atomic E-state index is 4.35. The van der Waals surface area contributed by atoms with Crippen molar-refractivity contribution in [2.45, 2.75) is 0 Å². The Labute approximate surface area is 105 Å². The highest BCUT2D eigenvalue weighted by atomic mass is 15.2. The van der Waals surface area contributed by atoms with E-state index in [2.05, 4.69) is 30.8 Å². The number of aliphatic imine (C=N–C) groups is 1. The van der Waals surface area contributed by atoms with Gasteiger partial charge in [0.15, 0.2) is 5.82 Å². The van der Waals surface area contributed by atoms with E-state index in [1.165, 1.54) is 6.33 Å². The molecule has 0 saturated heterocycles. The van der Waals surface area contributed by atoms with Crippen LogP contribution in [0, 0.1) is 0 Å². The molecule has 0 fully saturated rings. The molecule has 0 radical (unpaired) electrons. The summed E-state index contributed by atoms with van der Waals surface area (Å²) in [6.07, 6.45) is 1.51. The largest absolute Gasteiger partial charge is 0.377 e. The van der Waals surface area contributed by atoms with Gasteiger partial charge < -0.3 is 10.6 Å². The van der Waals surface area contributed by atoms with Crippen molar-refractivity contribution in [1.82, 2.24) is 20.5 Å². The molecule has 2 heterocycles. The van der Waals surface area contributed by atoms with Crippen LogP contribution in [0.4, 0.5) is 5.69 Å². The van der Waals surface area contributed by atoms with Gasteiger partial charge in [-0.05, 0) is 12.1 Å². The number of aromatic amines is 1. The van der Waals surface area contributed by atoms with E-state index in [4.69, 9.17) is 0 Å². The number of para-hydroxylation sites is 1. The summed E-state index contributed by atoms with van der Waals surface area (Å²) in [7, 11) is 0. The lowest BCUT2D eigenvalue weighted by molar-refractivity contribution is 0.956. The normalized spacial score (nSPS) is 14.1. The van der Waals surface area contributed by atoms with Gasteiger partial charge in [0, 0.05) is 17.8 Å². The second kappa shape index (κ2) is 4.87. The van der Waals surface area contributed by atoms with Crippen molar-refractivity contribution >= 4 is 11.5 Å². The van der Waals surface area contributed by atoms with Crippen LogP contribution in [-0.4, -0.2) is 40.7 Å². The predicted octanol–water partition coefficient (Wildman–Crippen LogP) is 0.885. The molecule has 3 N–H and O–H groups in total. The molecule has 0 spiro atoms. The van der Waals surface area contributed by atoms with Gasteiger partial charge in [-0.15, -0.1) is 0 Å². The third-order valence-corrected chi connectivity index (χ3v) is 2.79. The summed E-state index contributed by atoms with van der Waals surface area (Å²) in [6, 6.07) is 8.00. The number of H-pyrrole nitrogens is 1. The number of nitrogens with zero attached hydrogens (tertiary/aromatic N) is 3. The molecule has 3 rings (SSSR count). The maximum atomic E-state index is 4.35. The lowest BCUT2D eigenvalue weighted by atomic mass is 10.1. The van der Waals surface area contributed by atoms with Gasteiger partial charge >= 0.3 is 0 Å². The molecule has 0 saturated carbocycles. The molecule has 1 aliphatic heterocycles. The molecule has 1 aromatic carbocycles. The number of hydrogen-bond donors (Lipinski definition) is 3. The Morgan fingerprint density at radius 1 is 1.28 bits per heavy atom. The number of aromatic nitrogens is 3. The highest BCUT2D eigenvalue weighted by Gasteiger charge is 2.09. The Bertz CT molecular complexity index is 545. The molecule has 0 bridgehead atoms. The third kappa shape index (κ3) is 2.17. The SMILES string of the molecule is c1ccc(-c2ncn[nH]2)c(NCC2=NCCN2)c1. The molecular weight excluding hydrogens is 228 g/mol. The van der Waals surface area contributed by atoms with Crippen LogP contribution < -0.4 is 10.6 Å². The van der Waals surface area contributed by atoms with E-state index in [1.807, 2.05) is 24.3 Å². The second-order valence-electron chi connectivity index (χ2n) is 3.99. The molecule has 2 aromatic rings. The lowest BCUT2D eigenvalue weighted by Crippen LogP contribution is -2.26. The minimum atomic E-state index is 0.700. The van der Waals surface area contributed by atoms with Crippen LogP contribution >= 0.6 is 0 Å². The molecule has 6 nitrogen and oxygen atoms in total. The van der Waals surface area contributed by atoms with Gasteiger partial charge in [-0.3, -0.25) is 10.1 Å². The van der Waals surface area contributed by atoms with Crippen molar-refractivity contribution in [2.24, 2.45) is 4.99 Å². The van der Waals surface area contributed by atoms with Gasteiger partial charge in [0.25, 0.3) is 0 Å². The second-order valence-corrected chi connectivity index (χ2v) is 3.99. The molecule has 6 heteroatoms. The van der Waals surface area contributed by atoms with Crippen LogP contribution in [0.2, 0.25) is 0 Å². The Kier molecular flexibility index (Phi) is 2.91. The van der Waals surface area contributed by atoms with Gasteiger partial charge in [-0.2, -0.15) is 5.10 Å². The van der Waals surface area contributed by atoms with Gasteiger partial charge in [0.1, 0.15) is 12.2 Å². The van der Waals surface area contributed by atoms with E-state index in [-0.39, 0.29) is 0 Å². The molecule has 0 amide bonds. The van der Waals surface area contributed by atoms with E-state index in [0.29, 0.717) is 6.54 Å². The zero-order chi connectivity index (χ0) is 12.2. The minimum Gasteiger partial charge on any atom is -0.377 e. The number of anilines is 1. The summed E-state index contributed by atoms with van der Waals surface area (Å²) >= 11 is 0. The fourth-order valence-corrected chi connectivity index (χ4v) is 1.92. The molecule has 92 valence electrons. The predicted molar refractivity (Wildman–Crippen MR) is 70.6 cm³/mol. The summed E-state index contributed by atoms with van der Waals surface area (Å²) in [5.74, 6) is 1.77. The smallest absolute Gasteiger partial charge is 0.157 e. The van der Waals surface area contributed by atoms with E-state index in [1.54, 1.807) is 0 Å². The van der Waals surface area contributed by atoms with Gasteiger partial charge in [0.2, 0.25) is 0 Å². The summed E-state index contributed by atoms with van der Waals surface area (Å²) in [5.41, 5.74) is 2.03. The number of hydrogen-bond acceptors (Lipinski definition) is 5. The third-order valence-electron chi connectivity index (χ3n) is 2.79. The Morgan fingerprint density at radius 2 is 2.22 bits per heavy atom. The molecule has 1 aromatic heterocycles. The summed E-state index contributed by atoms with van der Waals surface area (Å²) in [6.45, 7) is 2.49. The van der Waals surface area contributed by atoms with Crippen LogP contribution in [-0.2, 0) is 0 Å². The minimum absolute atomic E-state index is 0.700. The number of benzene rings is 1. The molecule has 0 unspecified atom stereocenters. The zero-order valence-corrected chi connectivity index (χ0v) is 9.85. The van der Waals surface area contributed by atoms with Crippen molar-refractivity contribution in [3.05, 3.63) is 30.6 Å². The summed E-state index contributed by atoms with van der Waals surface area (Å²) < 4.78 is 0. The molecule has 0 atom stereocenters. The van der Waals surface area contributed by atoms with E-state index < -0.39 is 0 Å². The Morgan fingerprint density at radius 3 is 3.00 bits per heavy atom. The molecule has 0 aliphatic carbocycles. The first-order valence-corrected chi connectivity index (χ1v) is 5.89. The fraction of sp³-hybridized carbons (Fsp3) is 0.250. The molecule has 18 heavy (non-hydrogen) atoms. The Balaban J connectivity index is 1.79. The first kappa shape index (κ1) is 10.8. The zero-order valence-electron chi connectivity index (χ0n) is 9.85. The van der Waals surface area contributed by atoms with Crippen LogP contribution in [0.25, 0.3) is 11.4 Å². The van der Waals surface area contributed by atoms with Crippen molar-refractivity contribution in [1.29, 1.82) is 0 Å². The van der Waals surface area contributed by atoms with Gasteiger partial charge in [-0.25, -0.2) is 4.98 Å². The van der Waals surface area contributed by atoms with Gasteiger partial charge in [0.05, 0.1) is 13.1 Å². The van der Waals surface area contributed by atoms with E-state index in [0.717, 1.165) is 36.0 Å². The summed E-state index contributed by atoms with van der Waals surface area (Å²) in [4.78, 5) is 8.52. The highest BCUT2D eigenvalue weighted by molar-refractivity contribution is 5.88. The monoisotopic (exact) mass is 242 g/mol. The standard InChI is InChI=1S/C12H14N6/c1-2-4-10(15-7-11-13-5-6-14-11)9(3-1)12-16-8-17-18-12/h1-4,8,15H,5-7H2,(H,13,14)(H,16,17,18). The van der Waals surface area contributed by atoms with E-state index in [9.17, 15) is 0 Å². The van der Waals surface area contributed by atoms with Crippen LogP contribution in [0.15, 0.2) is 35.6 Å². The summed E-state index contributed by atoms with van der Waals surface area (Å²) in [5, 5.41) is 13.3. The highest BCUT2D eigenvalue weighted by Crippen LogP contribution is 2.23. The van der Waals surface area contributed by atoms with Crippen molar-refractivity contribution < 1.29 is 0 Å².